The molecule has 112 valence electrons. The monoisotopic (exact) mass is 292 g/mol. The number of rotatable bonds is 7. The van der Waals surface area contributed by atoms with Gasteiger partial charge in [-0.25, -0.2) is 13.6 Å². The number of carbonyl (C=O) groups excluding carboxylic acids is 1. The lowest BCUT2D eigenvalue weighted by Crippen LogP contribution is -2.37. The molecule has 0 amide bonds. The summed E-state index contributed by atoms with van der Waals surface area (Å²) in [7, 11) is 0. The smallest absolute Gasteiger partial charge is 0.338 e. The highest BCUT2D eigenvalue weighted by molar-refractivity contribution is 5.89. The van der Waals surface area contributed by atoms with Crippen LogP contribution < -0.4 is 0 Å². The third kappa shape index (κ3) is 4.83. The van der Waals surface area contributed by atoms with Crippen molar-refractivity contribution in [3.63, 3.8) is 0 Å². The van der Waals surface area contributed by atoms with E-state index in [1.807, 2.05) is 0 Å². The van der Waals surface area contributed by atoms with E-state index in [2.05, 4.69) is 0 Å². The van der Waals surface area contributed by atoms with Crippen molar-refractivity contribution >= 4 is 5.97 Å². The van der Waals surface area contributed by atoms with Crippen molar-refractivity contribution in [2.45, 2.75) is 38.0 Å². The number of hydrogen-bond acceptors (Lipinski definition) is 2. The Labute approximate surface area is 114 Å². The van der Waals surface area contributed by atoms with E-state index >= 15 is 0 Å². The van der Waals surface area contributed by atoms with Crippen molar-refractivity contribution in [2.75, 3.05) is 6.61 Å². The summed E-state index contributed by atoms with van der Waals surface area (Å²) in [6.45, 7) is 0.127. The molecule has 0 spiro atoms. The van der Waals surface area contributed by atoms with Crippen molar-refractivity contribution in [3.05, 3.63) is 35.9 Å². The minimum Gasteiger partial charge on any atom is -0.462 e. The third-order valence-corrected chi connectivity index (χ3v) is 2.77. The molecule has 1 aromatic rings. The van der Waals surface area contributed by atoms with Gasteiger partial charge in [-0.05, 0) is 25.0 Å². The Morgan fingerprint density at radius 3 is 2.25 bits per heavy atom. The maximum Gasteiger partial charge on any atom is 0.338 e. The first kappa shape index (κ1) is 16.5. The number of unbranched alkanes of at least 4 members (excludes halogenated alkanes) is 1. The van der Waals surface area contributed by atoms with E-state index in [1.165, 1.54) is 0 Å². The fourth-order valence-corrected chi connectivity index (χ4v) is 1.49. The molecule has 0 aliphatic carbocycles. The minimum atomic E-state index is -4.03. The van der Waals surface area contributed by atoms with Crippen molar-refractivity contribution in [3.8, 4) is 0 Å². The highest BCUT2D eigenvalue weighted by atomic mass is 19.3. The number of hydrogen-bond donors (Lipinski definition) is 0. The lowest BCUT2D eigenvalue weighted by atomic mass is 10.1. The fraction of sp³-hybridized carbons (Fsp3) is 0.500. The van der Waals surface area contributed by atoms with Crippen molar-refractivity contribution < 1.29 is 27.1 Å². The second-order valence-corrected chi connectivity index (χ2v) is 4.55. The zero-order chi connectivity index (χ0) is 15.2. The third-order valence-electron chi connectivity index (χ3n) is 2.77. The van der Waals surface area contributed by atoms with Gasteiger partial charge in [0, 0.05) is 13.3 Å². The molecule has 0 saturated heterocycles. The van der Waals surface area contributed by atoms with Crippen LogP contribution in [0.15, 0.2) is 30.3 Å². The molecule has 6 heteroatoms. The molecule has 2 nitrogen and oxygen atoms in total. The quantitative estimate of drug-likeness (QED) is 0.425. The number of carbonyl (C=O) groups is 1. The Balaban J connectivity index is 2.25. The van der Waals surface area contributed by atoms with Gasteiger partial charge in [0.05, 0.1) is 12.2 Å². The highest BCUT2D eigenvalue weighted by Gasteiger charge is 2.51. The molecule has 0 atom stereocenters. The van der Waals surface area contributed by atoms with Crippen LogP contribution in [0.4, 0.5) is 17.6 Å². The van der Waals surface area contributed by atoms with E-state index in [0.29, 0.717) is 5.56 Å². The zero-order valence-corrected chi connectivity index (χ0v) is 11.0. The molecule has 1 aromatic carbocycles. The summed E-state index contributed by atoms with van der Waals surface area (Å²) >= 11 is 0. The maximum absolute atomic E-state index is 12.9. The Morgan fingerprint density at radius 2 is 1.70 bits per heavy atom. The van der Waals surface area contributed by atoms with Gasteiger partial charge in [0.25, 0.3) is 0 Å². The average Bonchev–Trinajstić information content (AvgIpc) is 2.37. The number of esters is 1. The summed E-state index contributed by atoms with van der Waals surface area (Å²) in [4.78, 5) is 11.5. The molecule has 0 aliphatic heterocycles. The van der Waals surface area contributed by atoms with Gasteiger partial charge >= 0.3 is 17.8 Å². The van der Waals surface area contributed by atoms with Crippen LogP contribution in [0, 0.1) is 0 Å². The molecule has 1 rings (SSSR count). The largest absolute Gasteiger partial charge is 0.462 e. The van der Waals surface area contributed by atoms with Gasteiger partial charge in [-0.15, -0.1) is 0 Å². The molecule has 20 heavy (non-hydrogen) atoms. The lowest BCUT2D eigenvalue weighted by molar-refractivity contribution is -0.201. The first-order valence-electron chi connectivity index (χ1n) is 6.22. The van der Waals surface area contributed by atoms with Crippen LogP contribution >= 0.6 is 0 Å². The van der Waals surface area contributed by atoms with Gasteiger partial charge in [0.2, 0.25) is 0 Å². The fourth-order valence-electron chi connectivity index (χ4n) is 1.49. The summed E-state index contributed by atoms with van der Waals surface area (Å²) in [5.41, 5.74) is 0.359. The van der Waals surface area contributed by atoms with Crippen LogP contribution in [0.1, 0.15) is 36.5 Å². The summed E-state index contributed by atoms with van der Waals surface area (Å²) in [6, 6.07) is 8.20. The van der Waals surface area contributed by atoms with Gasteiger partial charge in [-0.1, -0.05) is 18.2 Å². The molecule has 0 radical (unpaired) electrons. The molecule has 0 bridgehead atoms. The van der Waals surface area contributed by atoms with Gasteiger partial charge in [-0.2, -0.15) is 8.78 Å². The standard InChI is InChI=1S/C14H16F4O2/c1-13(15,16)14(17,18)9-5-6-10-20-12(19)11-7-3-2-4-8-11/h2-4,7-8H,5-6,9-10H2,1H3. The molecule has 0 aliphatic rings. The number of halogens is 4. The van der Waals surface area contributed by atoms with E-state index in [9.17, 15) is 22.4 Å². The van der Waals surface area contributed by atoms with Crippen molar-refractivity contribution in [1.29, 1.82) is 0 Å². The SMILES string of the molecule is CC(F)(F)C(F)(F)CCCCOC(=O)c1ccccc1. The van der Waals surface area contributed by atoms with Gasteiger partial charge in [-0.3, -0.25) is 0 Å². The summed E-state index contributed by atoms with van der Waals surface area (Å²) in [6.07, 6.45) is -0.956. The summed E-state index contributed by atoms with van der Waals surface area (Å²) in [5, 5.41) is 0. The van der Waals surface area contributed by atoms with Crippen LogP contribution in [-0.4, -0.2) is 24.4 Å². The molecule has 0 heterocycles. The van der Waals surface area contributed by atoms with Crippen molar-refractivity contribution in [2.24, 2.45) is 0 Å². The molecular formula is C14H16F4O2. The van der Waals surface area contributed by atoms with Crippen molar-refractivity contribution in [1.82, 2.24) is 0 Å². The molecule has 0 unspecified atom stereocenters. The normalized spacial score (nSPS) is 12.2. The maximum atomic E-state index is 12.9. The number of ether oxygens (including phenoxy) is 1. The summed E-state index contributed by atoms with van der Waals surface area (Å²) < 4.78 is 55.8. The van der Waals surface area contributed by atoms with Crippen LogP contribution in [-0.2, 0) is 4.74 Å². The Morgan fingerprint density at radius 1 is 1.10 bits per heavy atom. The molecule has 0 N–H and O–H groups in total. The van der Waals surface area contributed by atoms with E-state index in [0.717, 1.165) is 0 Å². The number of alkyl halides is 4. The molecule has 0 fully saturated rings. The molecule has 0 aromatic heterocycles. The minimum absolute atomic E-state index is 0.0703. The van der Waals surface area contributed by atoms with Gasteiger partial charge < -0.3 is 4.74 Å². The van der Waals surface area contributed by atoms with Crippen LogP contribution in [0.2, 0.25) is 0 Å². The van der Waals surface area contributed by atoms with E-state index in [-0.39, 0.29) is 26.4 Å². The molecule has 0 saturated carbocycles. The van der Waals surface area contributed by atoms with E-state index in [1.54, 1.807) is 30.3 Å². The second-order valence-electron chi connectivity index (χ2n) is 4.55. The predicted molar refractivity (Wildman–Crippen MR) is 66.1 cm³/mol. The predicted octanol–water partition coefficient (Wildman–Crippen LogP) is 4.30. The summed E-state index contributed by atoms with van der Waals surface area (Å²) in [5.74, 6) is -8.62. The Hall–Kier alpha value is -1.59. The lowest BCUT2D eigenvalue weighted by Gasteiger charge is -2.22. The second kappa shape index (κ2) is 6.72. The topological polar surface area (TPSA) is 26.3 Å². The number of benzene rings is 1. The van der Waals surface area contributed by atoms with Crippen LogP contribution in [0.5, 0.6) is 0 Å². The first-order chi connectivity index (χ1) is 9.24. The first-order valence-corrected chi connectivity index (χ1v) is 6.22. The van der Waals surface area contributed by atoms with Gasteiger partial charge in [0.15, 0.2) is 0 Å². The Kier molecular flexibility index (Phi) is 5.53. The van der Waals surface area contributed by atoms with Crippen LogP contribution in [0.3, 0.4) is 0 Å². The van der Waals surface area contributed by atoms with Crippen LogP contribution in [0.25, 0.3) is 0 Å². The van der Waals surface area contributed by atoms with Gasteiger partial charge in [0.1, 0.15) is 0 Å². The Bertz CT molecular complexity index is 427. The average molecular weight is 292 g/mol. The van der Waals surface area contributed by atoms with E-state index < -0.39 is 24.2 Å². The highest BCUT2D eigenvalue weighted by Crippen LogP contribution is 2.37. The van der Waals surface area contributed by atoms with E-state index in [4.69, 9.17) is 4.74 Å². The zero-order valence-electron chi connectivity index (χ0n) is 11.0. The molecular weight excluding hydrogens is 276 g/mol.